The van der Waals surface area contributed by atoms with Gasteiger partial charge in [0.1, 0.15) is 22.1 Å². The van der Waals surface area contributed by atoms with Gasteiger partial charge in [-0.15, -0.1) is 0 Å². The molecule has 3 aliphatic heterocycles. The quantitative estimate of drug-likeness (QED) is 0.264. The van der Waals surface area contributed by atoms with Crippen LogP contribution in [0.4, 0.5) is 0 Å². The molecule has 0 radical (unpaired) electrons. The maximum absolute atomic E-state index is 14.1. The average Bonchev–Trinajstić information content (AvgIpc) is 3.53. The smallest absolute Gasteiger partial charge is 0.329 e. The molecule has 5 rings (SSSR count). The fourth-order valence-electron chi connectivity index (χ4n) is 5.71. The minimum Gasteiger partial charge on any atom is -0.458 e. The van der Waals surface area contributed by atoms with Crippen molar-refractivity contribution in [2.45, 2.75) is 77.6 Å². The summed E-state index contributed by atoms with van der Waals surface area (Å²) in [6, 6.07) is 14.0. The highest BCUT2D eigenvalue weighted by atomic mass is 35.5. The Hall–Kier alpha value is -2.81. The summed E-state index contributed by atoms with van der Waals surface area (Å²) < 4.78 is 5.57. The molecular weight excluding hydrogens is 581 g/mol. The maximum atomic E-state index is 14.1. The standard InChI is InChI=1S/C31H33Cl2N3O4S/c1-17(2)24-25(27(38)35-22(15-16-23(35)37)28(39)40-30(3,4)5)41-29-34-31(6,19-9-13-21(33)14-10-19)26(36(24)29)18-7-11-20(32)12-8-18/h7-14,17,22,26H,15-16H2,1-6H3/t22-,26+,31-/m0/s1. The van der Waals surface area contributed by atoms with Gasteiger partial charge in [-0.3, -0.25) is 14.5 Å². The summed E-state index contributed by atoms with van der Waals surface area (Å²) >= 11 is 13.7. The molecule has 3 heterocycles. The van der Waals surface area contributed by atoms with Crippen LogP contribution in [0.2, 0.25) is 10.0 Å². The number of carbonyl (C=O) groups is 3. The molecule has 3 aliphatic rings. The lowest BCUT2D eigenvalue weighted by Gasteiger charge is -2.37. The predicted molar refractivity (Wildman–Crippen MR) is 162 cm³/mol. The van der Waals surface area contributed by atoms with Crippen molar-refractivity contribution in [1.29, 1.82) is 0 Å². The number of carbonyl (C=O) groups excluding carboxylic acids is 3. The second-order valence-electron chi connectivity index (χ2n) is 12.0. The number of fused-ring (bicyclic) bond motifs is 1. The van der Waals surface area contributed by atoms with Crippen LogP contribution in [0.25, 0.3) is 0 Å². The highest BCUT2D eigenvalue weighted by Gasteiger charge is 2.54. The third kappa shape index (κ3) is 5.42. The van der Waals surface area contributed by atoms with Crippen LogP contribution in [-0.2, 0) is 24.7 Å². The topological polar surface area (TPSA) is 79.3 Å². The highest BCUT2D eigenvalue weighted by Crippen LogP contribution is 2.56. The van der Waals surface area contributed by atoms with Gasteiger partial charge in [0.25, 0.3) is 5.91 Å². The van der Waals surface area contributed by atoms with Crippen molar-refractivity contribution in [3.05, 3.63) is 80.3 Å². The summed E-state index contributed by atoms with van der Waals surface area (Å²) in [5.41, 5.74) is 1.26. The van der Waals surface area contributed by atoms with E-state index in [1.165, 1.54) is 11.8 Å². The zero-order valence-electron chi connectivity index (χ0n) is 23.9. The van der Waals surface area contributed by atoms with Crippen LogP contribution in [0.5, 0.6) is 0 Å². The van der Waals surface area contributed by atoms with Crippen molar-refractivity contribution in [2.24, 2.45) is 10.9 Å². The Kier molecular flexibility index (Phi) is 7.81. The van der Waals surface area contributed by atoms with E-state index < -0.39 is 29.1 Å². The number of ether oxygens (including phenoxy) is 1. The number of amidine groups is 1. The van der Waals surface area contributed by atoms with Crippen LogP contribution in [0.1, 0.15) is 71.6 Å². The number of hydrogen-bond donors (Lipinski definition) is 0. The first kappa shape index (κ1) is 29.7. The number of rotatable bonds is 5. The van der Waals surface area contributed by atoms with Crippen molar-refractivity contribution >= 4 is 57.9 Å². The van der Waals surface area contributed by atoms with Crippen molar-refractivity contribution in [3.8, 4) is 0 Å². The van der Waals surface area contributed by atoms with Gasteiger partial charge in [0.05, 0.1) is 6.04 Å². The molecular formula is C31H33Cl2N3O4S. The Morgan fingerprint density at radius 2 is 1.63 bits per heavy atom. The number of thioether (sulfide) groups is 1. The van der Waals surface area contributed by atoms with Crippen molar-refractivity contribution < 1.29 is 19.1 Å². The van der Waals surface area contributed by atoms with Gasteiger partial charge in [-0.25, -0.2) is 9.79 Å². The molecule has 41 heavy (non-hydrogen) atoms. The van der Waals surface area contributed by atoms with E-state index in [4.69, 9.17) is 32.9 Å². The van der Waals surface area contributed by atoms with Crippen LogP contribution in [0.15, 0.2) is 64.1 Å². The molecule has 0 N–H and O–H groups in total. The molecule has 0 aliphatic carbocycles. The zero-order valence-corrected chi connectivity index (χ0v) is 26.2. The highest BCUT2D eigenvalue weighted by molar-refractivity contribution is 8.18. The third-order valence-corrected chi connectivity index (χ3v) is 9.04. The first-order chi connectivity index (χ1) is 19.2. The van der Waals surface area contributed by atoms with E-state index in [2.05, 4.69) is 11.8 Å². The van der Waals surface area contributed by atoms with Crippen LogP contribution < -0.4 is 0 Å². The largest absolute Gasteiger partial charge is 0.458 e. The molecule has 1 fully saturated rings. The van der Waals surface area contributed by atoms with Gasteiger partial charge in [-0.05, 0) is 87.2 Å². The van der Waals surface area contributed by atoms with Crippen molar-refractivity contribution in [2.75, 3.05) is 0 Å². The Bertz CT molecular complexity index is 1460. The number of benzene rings is 2. The normalized spacial score (nSPS) is 24.3. The summed E-state index contributed by atoms with van der Waals surface area (Å²) in [5.74, 6) is -1.53. The minimum atomic E-state index is -0.959. The number of imide groups is 1. The fraction of sp³-hybridized carbons (Fsp3) is 0.419. The Morgan fingerprint density at radius 3 is 2.20 bits per heavy atom. The molecule has 2 aromatic carbocycles. The lowest BCUT2D eigenvalue weighted by atomic mass is 9.81. The van der Waals surface area contributed by atoms with Gasteiger partial charge in [-0.1, -0.05) is 61.3 Å². The molecule has 0 bridgehead atoms. The van der Waals surface area contributed by atoms with Gasteiger partial charge in [0.15, 0.2) is 5.17 Å². The summed E-state index contributed by atoms with van der Waals surface area (Å²) in [6.07, 6.45) is 0.346. The van der Waals surface area contributed by atoms with E-state index in [0.29, 0.717) is 20.1 Å². The second-order valence-corrected chi connectivity index (χ2v) is 13.9. The number of nitrogens with zero attached hydrogens (tertiary/aromatic N) is 3. The number of aliphatic imine (C=N–C) groups is 1. The second kappa shape index (κ2) is 10.8. The molecule has 0 aromatic heterocycles. The first-order valence-electron chi connectivity index (χ1n) is 13.6. The third-order valence-electron chi connectivity index (χ3n) is 7.48. The van der Waals surface area contributed by atoms with Crippen molar-refractivity contribution in [3.63, 3.8) is 0 Å². The number of hydrogen-bond acceptors (Lipinski definition) is 7. The molecule has 3 atom stereocenters. The summed E-state index contributed by atoms with van der Waals surface area (Å²) in [5, 5.41) is 1.91. The molecule has 1 saturated heterocycles. The van der Waals surface area contributed by atoms with Gasteiger partial charge in [-0.2, -0.15) is 0 Å². The zero-order chi connectivity index (χ0) is 29.9. The molecule has 0 saturated carbocycles. The van der Waals surface area contributed by atoms with Crippen LogP contribution >= 0.6 is 35.0 Å². The molecule has 2 aromatic rings. The van der Waals surface area contributed by atoms with E-state index in [1.54, 1.807) is 20.8 Å². The summed E-state index contributed by atoms with van der Waals surface area (Å²) in [7, 11) is 0. The van der Waals surface area contributed by atoms with E-state index in [1.807, 2.05) is 62.4 Å². The minimum absolute atomic E-state index is 0.0887. The predicted octanol–water partition coefficient (Wildman–Crippen LogP) is 7.10. The summed E-state index contributed by atoms with van der Waals surface area (Å²) in [4.78, 5) is 49.0. The van der Waals surface area contributed by atoms with Gasteiger partial charge >= 0.3 is 5.97 Å². The SMILES string of the molecule is CC(C)C1=C(C(=O)N2C(=O)CC[C@H]2C(=O)OC(C)(C)C)SC2=N[C@@](C)(c3ccc(Cl)cc3)[C@@H](c3ccc(Cl)cc3)N21. The van der Waals surface area contributed by atoms with Crippen LogP contribution in [0, 0.1) is 5.92 Å². The van der Waals surface area contributed by atoms with Gasteiger partial charge in [0.2, 0.25) is 5.91 Å². The molecule has 2 amide bonds. The van der Waals surface area contributed by atoms with E-state index >= 15 is 0 Å². The van der Waals surface area contributed by atoms with E-state index in [-0.39, 0.29) is 30.7 Å². The van der Waals surface area contributed by atoms with Gasteiger partial charge in [0, 0.05) is 22.2 Å². The lowest BCUT2D eigenvalue weighted by molar-refractivity contribution is -0.164. The maximum Gasteiger partial charge on any atom is 0.329 e. The number of amides is 2. The Labute approximate surface area is 254 Å². The van der Waals surface area contributed by atoms with Crippen LogP contribution in [0.3, 0.4) is 0 Å². The average molecular weight is 615 g/mol. The van der Waals surface area contributed by atoms with Gasteiger partial charge < -0.3 is 9.64 Å². The molecule has 0 unspecified atom stereocenters. The van der Waals surface area contributed by atoms with Crippen LogP contribution in [-0.4, -0.2) is 44.4 Å². The molecule has 10 heteroatoms. The number of allylic oxidation sites excluding steroid dienone is 1. The molecule has 0 spiro atoms. The van der Waals surface area contributed by atoms with E-state index in [0.717, 1.165) is 21.7 Å². The Morgan fingerprint density at radius 1 is 1.05 bits per heavy atom. The fourth-order valence-corrected chi connectivity index (χ4v) is 7.30. The number of esters is 1. The number of likely N-dealkylation sites (tertiary alicyclic amines) is 1. The monoisotopic (exact) mass is 613 g/mol. The summed E-state index contributed by atoms with van der Waals surface area (Å²) in [6.45, 7) is 11.4. The van der Waals surface area contributed by atoms with E-state index in [9.17, 15) is 14.4 Å². The molecule has 7 nitrogen and oxygen atoms in total. The number of halogens is 2. The Balaban J connectivity index is 1.59. The first-order valence-corrected chi connectivity index (χ1v) is 15.2. The molecule has 216 valence electrons. The lowest BCUT2D eigenvalue weighted by Crippen LogP contribution is -2.46. The van der Waals surface area contributed by atoms with Crippen molar-refractivity contribution in [1.82, 2.24) is 9.80 Å².